The number of ether oxygens (including phenoxy) is 1. The lowest BCUT2D eigenvalue weighted by molar-refractivity contribution is -0.384. The van der Waals surface area contributed by atoms with Gasteiger partial charge in [-0.3, -0.25) is 10.1 Å². The molecule has 1 aromatic heterocycles. The third-order valence-electron chi connectivity index (χ3n) is 2.25. The van der Waals surface area contributed by atoms with Crippen LogP contribution >= 0.6 is 0 Å². The van der Waals surface area contributed by atoms with E-state index in [-0.39, 0.29) is 22.8 Å². The van der Waals surface area contributed by atoms with Gasteiger partial charge in [0.1, 0.15) is 5.76 Å². The van der Waals surface area contributed by atoms with Gasteiger partial charge in [0, 0.05) is 0 Å². The van der Waals surface area contributed by atoms with Crippen molar-refractivity contribution in [2.24, 2.45) is 0 Å². The number of hydrogen-bond donors (Lipinski definition) is 0. The van der Waals surface area contributed by atoms with Crippen LogP contribution < -0.4 is 4.74 Å². The van der Waals surface area contributed by atoms with E-state index in [1.807, 2.05) is 0 Å². The summed E-state index contributed by atoms with van der Waals surface area (Å²) in [7, 11) is 1.24. The van der Waals surface area contributed by atoms with Crippen molar-refractivity contribution in [3.05, 3.63) is 46.5 Å². The van der Waals surface area contributed by atoms with Gasteiger partial charge in [-0.25, -0.2) is 4.39 Å². The second-order valence-electron chi connectivity index (χ2n) is 3.24. The molecule has 2 aromatic rings. The first-order valence-electron chi connectivity index (χ1n) is 4.69. The van der Waals surface area contributed by atoms with Gasteiger partial charge >= 0.3 is 0 Å². The van der Waals surface area contributed by atoms with Gasteiger partial charge in [-0.2, -0.15) is 0 Å². The summed E-state index contributed by atoms with van der Waals surface area (Å²) < 4.78 is 23.2. The summed E-state index contributed by atoms with van der Waals surface area (Å²) in [6.45, 7) is 0. The highest BCUT2D eigenvalue weighted by atomic mass is 19.1. The van der Waals surface area contributed by atoms with E-state index in [1.54, 1.807) is 6.07 Å². The molecule has 0 atom stereocenters. The molecule has 0 radical (unpaired) electrons. The maximum Gasteiger partial charge on any atom is 0.284 e. The van der Waals surface area contributed by atoms with Crippen LogP contribution in [0.4, 0.5) is 10.1 Å². The van der Waals surface area contributed by atoms with Crippen LogP contribution in [-0.2, 0) is 0 Å². The number of rotatable bonds is 3. The summed E-state index contributed by atoms with van der Waals surface area (Å²) in [6.07, 6.45) is 1.36. The lowest BCUT2D eigenvalue weighted by Crippen LogP contribution is -1.96. The average Bonchev–Trinajstić information content (AvgIpc) is 2.81. The van der Waals surface area contributed by atoms with Crippen molar-refractivity contribution in [3.63, 3.8) is 0 Å². The quantitative estimate of drug-likeness (QED) is 0.608. The van der Waals surface area contributed by atoms with Gasteiger partial charge in [0.15, 0.2) is 11.6 Å². The minimum atomic E-state index is -0.676. The van der Waals surface area contributed by atoms with Gasteiger partial charge in [-0.1, -0.05) is 0 Å². The number of furan rings is 1. The minimum Gasteiger partial charge on any atom is -0.493 e. The van der Waals surface area contributed by atoms with Crippen molar-refractivity contribution in [1.29, 1.82) is 0 Å². The highest BCUT2D eigenvalue weighted by Crippen LogP contribution is 2.35. The van der Waals surface area contributed by atoms with Crippen LogP contribution in [0.15, 0.2) is 34.9 Å². The normalized spacial score (nSPS) is 10.2. The summed E-state index contributed by atoms with van der Waals surface area (Å²) in [5, 5.41) is 10.9. The first-order valence-corrected chi connectivity index (χ1v) is 4.69. The third-order valence-corrected chi connectivity index (χ3v) is 2.25. The van der Waals surface area contributed by atoms with Gasteiger partial charge in [-0.15, -0.1) is 0 Å². The number of nitro benzene ring substituents is 1. The molecule has 17 heavy (non-hydrogen) atoms. The molecule has 0 N–H and O–H groups in total. The predicted molar refractivity (Wildman–Crippen MR) is 57.3 cm³/mol. The molecule has 0 bridgehead atoms. The van der Waals surface area contributed by atoms with Crippen molar-refractivity contribution in [2.75, 3.05) is 7.11 Å². The van der Waals surface area contributed by atoms with Crippen molar-refractivity contribution in [3.8, 4) is 17.1 Å². The Morgan fingerprint density at radius 3 is 2.76 bits per heavy atom. The van der Waals surface area contributed by atoms with Gasteiger partial charge < -0.3 is 9.15 Å². The van der Waals surface area contributed by atoms with E-state index in [1.165, 1.54) is 19.4 Å². The molecule has 0 aliphatic heterocycles. The Morgan fingerprint density at radius 1 is 1.47 bits per heavy atom. The molecule has 6 heteroatoms. The Bertz CT molecular complexity index is 551. The number of methoxy groups -OCH3 is 1. The average molecular weight is 237 g/mol. The molecular formula is C11H8FNO4. The minimum absolute atomic E-state index is 0.0818. The zero-order valence-electron chi connectivity index (χ0n) is 8.84. The van der Waals surface area contributed by atoms with Crippen molar-refractivity contribution in [2.45, 2.75) is 0 Å². The van der Waals surface area contributed by atoms with E-state index in [0.717, 1.165) is 12.1 Å². The summed E-state index contributed by atoms with van der Waals surface area (Å²) >= 11 is 0. The van der Waals surface area contributed by atoms with Gasteiger partial charge in [0.05, 0.1) is 29.9 Å². The van der Waals surface area contributed by atoms with Crippen molar-refractivity contribution < 1.29 is 18.5 Å². The monoisotopic (exact) mass is 237 g/mol. The molecule has 0 fully saturated rings. The number of benzene rings is 1. The van der Waals surface area contributed by atoms with E-state index in [2.05, 4.69) is 0 Å². The zero-order valence-corrected chi connectivity index (χ0v) is 8.84. The molecule has 0 aliphatic rings. The van der Waals surface area contributed by atoms with Gasteiger partial charge in [0.25, 0.3) is 5.69 Å². The molecule has 0 amide bonds. The lowest BCUT2D eigenvalue weighted by Gasteiger charge is -2.04. The summed E-state index contributed by atoms with van der Waals surface area (Å²) in [4.78, 5) is 10.3. The standard InChI is InChI=1S/C11H8FNO4/c1-16-11-6-9(13(14)15)7(5-8(11)12)10-3-2-4-17-10/h2-6H,1H3. The molecule has 0 saturated heterocycles. The highest BCUT2D eigenvalue weighted by Gasteiger charge is 2.21. The predicted octanol–water partition coefficient (Wildman–Crippen LogP) is 3.00. The Hall–Kier alpha value is -2.37. The molecule has 1 aromatic carbocycles. The smallest absolute Gasteiger partial charge is 0.284 e. The van der Waals surface area contributed by atoms with Gasteiger partial charge in [0.2, 0.25) is 0 Å². The topological polar surface area (TPSA) is 65.5 Å². The molecular weight excluding hydrogens is 229 g/mol. The fraction of sp³-hybridized carbons (Fsp3) is 0.0909. The largest absolute Gasteiger partial charge is 0.493 e. The first kappa shape index (κ1) is 11.1. The first-order chi connectivity index (χ1) is 8.13. The fourth-order valence-electron chi connectivity index (χ4n) is 1.48. The Morgan fingerprint density at radius 2 is 2.24 bits per heavy atom. The molecule has 1 heterocycles. The SMILES string of the molecule is COc1cc([N+](=O)[O-])c(-c2ccco2)cc1F. The highest BCUT2D eigenvalue weighted by molar-refractivity contribution is 5.71. The van der Waals surface area contributed by atoms with E-state index in [4.69, 9.17) is 9.15 Å². The summed E-state index contributed by atoms with van der Waals surface area (Å²) in [5.41, 5.74) is -0.184. The number of nitro groups is 1. The molecule has 88 valence electrons. The second kappa shape index (κ2) is 4.25. The van der Waals surface area contributed by atoms with Crippen LogP contribution in [-0.4, -0.2) is 12.0 Å². The van der Waals surface area contributed by atoms with Crippen LogP contribution in [0.3, 0.4) is 0 Å². The van der Waals surface area contributed by atoms with Crippen LogP contribution in [0, 0.1) is 15.9 Å². The van der Waals surface area contributed by atoms with E-state index >= 15 is 0 Å². The Kier molecular flexibility index (Phi) is 2.78. The van der Waals surface area contributed by atoms with E-state index in [9.17, 15) is 14.5 Å². The lowest BCUT2D eigenvalue weighted by atomic mass is 10.1. The van der Waals surface area contributed by atoms with Crippen LogP contribution in [0.25, 0.3) is 11.3 Å². The zero-order chi connectivity index (χ0) is 12.4. The summed E-state index contributed by atoms with van der Waals surface area (Å²) in [5.74, 6) is -0.616. The van der Waals surface area contributed by atoms with Crippen LogP contribution in [0.2, 0.25) is 0 Å². The maximum absolute atomic E-state index is 13.5. The molecule has 5 nitrogen and oxygen atoms in total. The Balaban J connectivity index is 2.66. The van der Waals surface area contributed by atoms with Crippen LogP contribution in [0.1, 0.15) is 0 Å². The molecule has 0 saturated carbocycles. The molecule has 2 rings (SSSR count). The van der Waals surface area contributed by atoms with Crippen LogP contribution in [0.5, 0.6) is 5.75 Å². The third kappa shape index (κ3) is 1.96. The van der Waals surface area contributed by atoms with Crippen molar-refractivity contribution in [1.82, 2.24) is 0 Å². The fourth-order valence-corrected chi connectivity index (χ4v) is 1.48. The van der Waals surface area contributed by atoms with Crippen molar-refractivity contribution >= 4 is 5.69 Å². The van der Waals surface area contributed by atoms with E-state index in [0.29, 0.717) is 0 Å². The number of halogens is 1. The Labute approximate surface area is 95.6 Å². The maximum atomic E-state index is 13.5. The summed E-state index contributed by atoms with van der Waals surface area (Å²) in [6, 6.07) is 5.15. The number of hydrogen-bond acceptors (Lipinski definition) is 4. The second-order valence-corrected chi connectivity index (χ2v) is 3.24. The molecule has 0 spiro atoms. The molecule has 0 aliphatic carbocycles. The molecule has 0 unspecified atom stereocenters. The van der Waals surface area contributed by atoms with E-state index < -0.39 is 10.7 Å². The number of nitrogens with zero attached hydrogens (tertiary/aromatic N) is 1. The van der Waals surface area contributed by atoms with Gasteiger partial charge in [-0.05, 0) is 18.2 Å².